The van der Waals surface area contributed by atoms with Gasteiger partial charge in [-0.3, -0.25) is 0 Å². The molecule has 1 aromatic rings. The summed E-state index contributed by atoms with van der Waals surface area (Å²) in [4.78, 5) is 0. The maximum atomic E-state index is 9.52. The van der Waals surface area contributed by atoms with Gasteiger partial charge in [0.05, 0.1) is 17.5 Å². The van der Waals surface area contributed by atoms with E-state index in [1.165, 1.54) is 6.92 Å². The SMILES string of the molecule is CC(O)C(O)c1cccc(N)c1N. The summed E-state index contributed by atoms with van der Waals surface area (Å²) in [6.45, 7) is 1.49. The second-order valence-corrected chi connectivity index (χ2v) is 3.04. The summed E-state index contributed by atoms with van der Waals surface area (Å²) in [5, 5.41) is 18.7. The van der Waals surface area contributed by atoms with Crippen molar-refractivity contribution in [3.8, 4) is 0 Å². The molecule has 4 nitrogen and oxygen atoms in total. The Labute approximate surface area is 76.8 Å². The Morgan fingerprint density at radius 2 is 1.85 bits per heavy atom. The molecule has 1 rings (SSSR count). The monoisotopic (exact) mass is 182 g/mol. The van der Waals surface area contributed by atoms with Crippen LogP contribution in [-0.2, 0) is 0 Å². The van der Waals surface area contributed by atoms with Gasteiger partial charge in [-0.1, -0.05) is 12.1 Å². The standard InChI is InChI=1S/C9H14N2O2/c1-5(12)9(13)6-3-2-4-7(10)8(6)11/h2-5,9,12-13H,10-11H2,1H3. The second-order valence-electron chi connectivity index (χ2n) is 3.04. The second kappa shape index (κ2) is 3.64. The molecule has 0 aliphatic carbocycles. The minimum Gasteiger partial charge on any atom is -0.397 e. The zero-order valence-corrected chi connectivity index (χ0v) is 7.44. The van der Waals surface area contributed by atoms with Crippen molar-refractivity contribution in [2.75, 3.05) is 11.5 Å². The molecular formula is C9H14N2O2. The molecule has 0 heterocycles. The summed E-state index contributed by atoms with van der Waals surface area (Å²) in [6.07, 6.45) is -1.84. The molecule has 13 heavy (non-hydrogen) atoms. The smallest absolute Gasteiger partial charge is 0.107 e. The summed E-state index contributed by atoms with van der Waals surface area (Å²) >= 11 is 0. The van der Waals surface area contributed by atoms with E-state index in [4.69, 9.17) is 16.6 Å². The van der Waals surface area contributed by atoms with Crippen LogP contribution >= 0.6 is 0 Å². The number of aliphatic hydroxyl groups excluding tert-OH is 2. The van der Waals surface area contributed by atoms with Gasteiger partial charge in [0.2, 0.25) is 0 Å². The van der Waals surface area contributed by atoms with E-state index in [-0.39, 0.29) is 0 Å². The lowest BCUT2D eigenvalue weighted by Crippen LogP contribution is -2.16. The molecule has 0 radical (unpaired) electrons. The number of hydrogen-bond acceptors (Lipinski definition) is 4. The number of nitrogens with two attached hydrogens (primary N) is 2. The van der Waals surface area contributed by atoms with E-state index < -0.39 is 12.2 Å². The van der Waals surface area contributed by atoms with Gasteiger partial charge in [0.1, 0.15) is 6.10 Å². The quantitative estimate of drug-likeness (QED) is 0.494. The Morgan fingerprint density at radius 3 is 2.38 bits per heavy atom. The summed E-state index contributed by atoms with van der Waals surface area (Å²) in [6, 6.07) is 4.98. The van der Waals surface area contributed by atoms with Crippen molar-refractivity contribution in [1.29, 1.82) is 0 Å². The van der Waals surface area contributed by atoms with E-state index in [0.717, 1.165) is 0 Å². The van der Waals surface area contributed by atoms with Gasteiger partial charge >= 0.3 is 0 Å². The first-order valence-electron chi connectivity index (χ1n) is 4.04. The van der Waals surface area contributed by atoms with Crippen LogP contribution in [0.3, 0.4) is 0 Å². The molecule has 0 spiro atoms. The van der Waals surface area contributed by atoms with Crippen molar-refractivity contribution < 1.29 is 10.2 Å². The van der Waals surface area contributed by atoms with Gasteiger partial charge in [-0.05, 0) is 13.0 Å². The summed E-state index contributed by atoms with van der Waals surface area (Å²) in [7, 11) is 0. The molecule has 0 aliphatic heterocycles. The number of benzene rings is 1. The predicted molar refractivity (Wildman–Crippen MR) is 51.9 cm³/mol. The highest BCUT2D eigenvalue weighted by Crippen LogP contribution is 2.27. The molecule has 0 amide bonds. The molecule has 0 aromatic heterocycles. The molecule has 6 N–H and O–H groups in total. The molecule has 0 saturated carbocycles. The maximum absolute atomic E-state index is 9.52. The molecular weight excluding hydrogens is 168 g/mol. The third kappa shape index (κ3) is 1.91. The number of nitrogen functional groups attached to an aromatic ring is 2. The molecule has 1 aromatic carbocycles. The van der Waals surface area contributed by atoms with Gasteiger partial charge in [0.25, 0.3) is 0 Å². The molecule has 72 valence electrons. The van der Waals surface area contributed by atoms with Crippen molar-refractivity contribution in [3.05, 3.63) is 23.8 Å². The van der Waals surface area contributed by atoms with Crippen LogP contribution in [0.25, 0.3) is 0 Å². The van der Waals surface area contributed by atoms with Crippen molar-refractivity contribution in [2.24, 2.45) is 0 Å². The lowest BCUT2D eigenvalue weighted by Gasteiger charge is -2.16. The van der Waals surface area contributed by atoms with Crippen LogP contribution in [0.15, 0.2) is 18.2 Å². The average Bonchev–Trinajstić information content (AvgIpc) is 2.08. The number of anilines is 2. The van der Waals surface area contributed by atoms with Crippen LogP contribution in [0.2, 0.25) is 0 Å². The fourth-order valence-corrected chi connectivity index (χ4v) is 1.12. The lowest BCUT2D eigenvalue weighted by molar-refractivity contribution is 0.0310. The van der Waals surface area contributed by atoms with E-state index in [0.29, 0.717) is 16.9 Å². The summed E-state index contributed by atoms with van der Waals surface area (Å²) in [5.74, 6) is 0. The number of para-hydroxylation sites is 1. The Kier molecular flexibility index (Phi) is 2.75. The van der Waals surface area contributed by atoms with Crippen LogP contribution in [0, 0.1) is 0 Å². The Hall–Kier alpha value is -1.26. The van der Waals surface area contributed by atoms with E-state index in [1.807, 2.05) is 0 Å². The largest absolute Gasteiger partial charge is 0.397 e. The van der Waals surface area contributed by atoms with Crippen molar-refractivity contribution in [1.82, 2.24) is 0 Å². The van der Waals surface area contributed by atoms with E-state index >= 15 is 0 Å². The zero-order chi connectivity index (χ0) is 10.0. The van der Waals surface area contributed by atoms with Crippen LogP contribution < -0.4 is 11.5 Å². The Bertz CT molecular complexity index is 300. The van der Waals surface area contributed by atoms with Gasteiger partial charge in [0, 0.05) is 5.56 Å². The molecule has 0 aliphatic rings. The van der Waals surface area contributed by atoms with E-state index in [9.17, 15) is 5.11 Å². The lowest BCUT2D eigenvalue weighted by atomic mass is 10.0. The minimum atomic E-state index is -0.983. The predicted octanol–water partition coefficient (Wildman–Crippen LogP) is 0.265. The Morgan fingerprint density at radius 1 is 1.23 bits per heavy atom. The number of rotatable bonds is 2. The van der Waals surface area contributed by atoms with Crippen molar-refractivity contribution in [2.45, 2.75) is 19.1 Å². The normalized spacial score (nSPS) is 15.3. The first-order valence-corrected chi connectivity index (χ1v) is 4.04. The van der Waals surface area contributed by atoms with E-state index in [2.05, 4.69) is 0 Å². The fourth-order valence-electron chi connectivity index (χ4n) is 1.12. The molecule has 0 saturated heterocycles. The van der Waals surface area contributed by atoms with Gasteiger partial charge in [-0.15, -0.1) is 0 Å². The molecule has 2 atom stereocenters. The van der Waals surface area contributed by atoms with Crippen LogP contribution in [-0.4, -0.2) is 16.3 Å². The fraction of sp³-hybridized carbons (Fsp3) is 0.333. The number of aliphatic hydroxyl groups is 2. The molecule has 0 bridgehead atoms. The topological polar surface area (TPSA) is 92.5 Å². The highest BCUT2D eigenvalue weighted by molar-refractivity contribution is 5.67. The van der Waals surface area contributed by atoms with Gasteiger partial charge < -0.3 is 21.7 Å². The highest BCUT2D eigenvalue weighted by atomic mass is 16.3. The first kappa shape index (κ1) is 9.83. The third-order valence-corrected chi connectivity index (χ3v) is 1.95. The van der Waals surface area contributed by atoms with Gasteiger partial charge in [-0.25, -0.2) is 0 Å². The molecule has 0 fully saturated rings. The van der Waals surface area contributed by atoms with Crippen molar-refractivity contribution in [3.63, 3.8) is 0 Å². The highest BCUT2D eigenvalue weighted by Gasteiger charge is 2.16. The average molecular weight is 182 g/mol. The zero-order valence-electron chi connectivity index (χ0n) is 7.44. The first-order chi connectivity index (χ1) is 6.04. The summed E-state index contributed by atoms with van der Waals surface area (Å²) in [5.41, 5.74) is 12.4. The van der Waals surface area contributed by atoms with Crippen molar-refractivity contribution >= 4 is 11.4 Å². The van der Waals surface area contributed by atoms with Gasteiger partial charge in [-0.2, -0.15) is 0 Å². The van der Waals surface area contributed by atoms with Crippen LogP contribution in [0.1, 0.15) is 18.6 Å². The Balaban J connectivity index is 3.07. The maximum Gasteiger partial charge on any atom is 0.107 e. The molecule has 4 heteroatoms. The van der Waals surface area contributed by atoms with Crippen LogP contribution in [0.4, 0.5) is 11.4 Å². The van der Waals surface area contributed by atoms with Gasteiger partial charge in [0.15, 0.2) is 0 Å². The third-order valence-electron chi connectivity index (χ3n) is 1.95. The number of hydrogen-bond donors (Lipinski definition) is 4. The molecule has 2 unspecified atom stereocenters. The minimum absolute atomic E-state index is 0.330. The van der Waals surface area contributed by atoms with E-state index in [1.54, 1.807) is 18.2 Å². The summed E-state index contributed by atoms with van der Waals surface area (Å²) < 4.78 is 0. The van der Waals surface area contributed by atoms with Crippen LogP contribution in [0.5, 0.6) is 0 Å².